The fourth-order valence-electron chi connectivity index (χ4n) is 1.62. The molecule has 1 amide bonds. The molecule has 0 unspecified atom stereocenters. The van der Waals surface area contributed by atoms with E-state index in [-0.39, 0.29) is 5.70 Å². The van der Waals surface area contributed by atoms with Crippen molar-refractivity contribution >= 4 is 23.9 Å². The number of rotatable bonds is 5. The first-order valence-electron chi connectivity index (χ1n) is 7.11. The summed E-state index contributed by atoms with van der Waals surface area (Å²) in [5.41, 5.74) is 0.00170. The van der Waals surface area contributed by atoms with Crippen LogP contribution in [0, 0.1) is 0 Å². The normalized spacial score (nSPS) is 11.6. The van der Waals surface area contributed by atoms with Gasteiger partial charge in [-0.25, -0.2) is 9.59 Å². The van der Waals surface area contributed by atoms with Crippen molar-refractivity contribution in [3.8, 4) is 0 Å². The van der Waals surface area contributed by atoms with Gasteiger partial charge in [0, 0.05) is 6.92 Å². The van der Waals surface area contributed by atoms with Crippen LogP contribution < -0.4 is 5.32 Å². The first kappa shape index (κ1) is 18.4. The molecule has 6 heteroatoms. The number of carbonyl (C=O) groups is 3. The summed E-state index contributed by atoms with van der Waals surface area (Å²) in [6.07, 6.45) is 1.47. The van der Waals surface area contributed by atoms with Crippen LogP contribution in [0.25, 0.3) is 6.08 Å². The van der Waals surface area contributed by atoms with Crippen molar-refractivity contribution in [2.24, 2.45) is 0 Å². The summed E-state index contributed by atoms with van der Waals surface area (Å²) in [5.74, 6) is -1.89. The highest BCUT2D eigenvalue weighted by Gasteiger charge is 2.19. The molecule has 0 fully saturated rings. The van der Waals surface area contributed by atoms with E-state index < -0.39 is 30.1 Å². The lowest BCUT2D eigenvalue weighted by Crippen LogP contribution is -2.30. The van der Waals surface area contributed by atoms with Gasteiger partial charge < -0.3 is 14.8 Å². The van der Waals surface area contributed by atoms with Gasteiger partial charge in [-0.05, 0) is 32.4 Å². The number of nitrogens with one attached hydrogen (secondary N) is 1. The van der Waals surface area contributed by atoms with Crippen molar-refractivity contribution in [3.63, 3.8) is 0 Å². The van der Waals surface area contributed by atoms with E-state index in [2.05, 4.69) is 5.32 Å². The predicted molar refractivity (Wildman–Crippen MR) is 85.0 cm³/mol. The van der Waals surface area contributed by atoms with Crippen LogP contribution in [0.2, 0.25) is 0 Å². The standard InChI is InChI=1S/C17H21NO5/c1-12(19)18-14(10-13-8-6-5-7-9-13)16(21)22-11-15(20)23-17(2,3)4/h5-10H,11H2,1-4H3,(H,18,19)/b14-10-. The molecule has 1 aromatic rings. The van der Waals surface area contributed by atoms with Crippen molar-refractivity contribution in [2.45, 2.75) is 33.3 Å². The number of carbonyl (C=O) groups excluding carboxylic acids is 3. The zero-order valence-corrected chi connectivity index (χ0v) is 13.7. The summed E-state index contributed by atoms with van der Waals surface area (Å²) in [5, 5.41) is 2.40. The predicted octanol–water partition coefficient (Wildman–Crippen LogP) is 2.05. The summed E-state index contributed by atoms with van der Waals surface area (Å²) in [4.78, 5) is 34.8. The Balaban J connectivity index is 2.76. The summed E-state index contributed by atoms with van der Waals surface area (Å²) < 4.78 is 9.93. The second-order valence-electron chi connectivity index (χ2n) is 5.81. The fourth-order valence-corrected chi connectivity index (χ4v) is 1.62. The number of hydrogen-bond donors (Lipinski definition) is 1. The number of ether oxygens (including phenoxy) is 2. The van der Waals surface area contributed by atoms with Gasteiger partial charge in [0.1, 0.15) is 11.3 Å². The van der Waals surface area contributed by atoms with Crippen molar-refractivity contribution in [3.05, 3.63) is 41.6 Å². The highest BCUT2D eigenvalue weighted by molar-refractivity contribution is 5.98. The van der Waals surface area contributed by atoms with Crippen LogP contribution in [0.1, 0.15) is 33.3 Å². The van der Waals surface area contributed by atoms with Gasteiger partial charge in [-0.15, -0.1) is 0 Å². The molecular formula is C17H21NO5. The second-order valence-corrected chi connectivity index (χ2v) is 5.81. The largest absolute Gasteiger partial charge is 0.457 e. The van der Waals surface area contributed by atoms with E-state index in [4.69, 9.17) is 9.47 Å². The maximum Gasteiger partial charge on any atom is 0.355 e. The molecule has 0 radical (unpaired) electrons. The zero-order valence-electron chi connectivity index (χ0n) is 13.7. The molecule has 0 aliphatic heterocycles. The maximum absolute atomic E-state index is 12.0. The molecule has 0 spiro atoms. The average Bonchev–Trinajstić information content (AvgIpc) is 2.43. The van der Waals surface area contributed by atoms with E-state index in [0.717, 1.165) is 0 Å². The molecule has 0 atom stereocenters. The monoisotopic (exact) mass is 319 g/mol. The van der Waals surface area contributed by atoms with E-state index >= 15 is 0 Å². The van der Waals surface area contributed by atoms with Crippen molar-refractivity contribution < 1.29 is 23.9 Å². The molecule has 0 heterocycles. The molecule has 6 nitrogen and oxygen atoms in total. The minimum absolute atomic E-state index is 0.0488. The fraction of sp³-hybridized carbons (Fsp3) is 0.353. The van der Waals surface area contributed by atoms with E-state index in [1.54, 1.807) is 45.0 Å². The molecule has 0 aliphatic rings. The number of hydrogen-bond acceptors (Lipinski definition) is 5. The SMILES string of the molecule is CC(=O)N/C(=C\c1ccccc1)C(=O)OCC(=O)OC(C)(C)C. The first-order chi connectivity index (χ1) is 10.7. The van der Waals surface area contributed by atoms with Crippen LogP contribution in [0.5, 0.6) is 0 Å². The molecule has 0 saturated carbocycles. The Morgan fingerprint density at radius 2 is 1.74 bits per heavy atom. The Hall–Kier alpha value is -2.63. The Kier molecular flexibility index (Phi) is 6.50. The van der Waals surface area contributed by atoms with E-state index in [9.17, 15) is 14.4 Å². The van der Waals surface area contributed by atoms with Crippen LogP contribution in [0.4, 0.5) is 0 Å². The summed E-state index contributed by atoms with van der Waals surface area (Å²) in [6, 6.07) is 8.95. The topological polar surface area (TPSA) is 81.7 Å². The lowest BCUT2D eigenvalue weighted by molar-refractivity contribution is -0.165. The lowest BCUT2D eigenvalue weighted by atomic mass is 10.2. The van der Waals surface area contributed by atoms with Gasteiger partial charge in [0.05, 0.1) is 0 Å². The Labute approximate surface area is 135 Å². The average molecular weight is 319 g/mol. The number of esters is 2. The van der Waals surface area contributed by atoms with Gasteiger partial charge in [-0.2, -0.15) is 0 Å². The molecule has 0 aliphatic carbocycles. The molecule has 0 bridgehead atoms. The molecule has 1 aromatic carbocycles. The smallest absolute Gasteiger partial charge is 0.355 e. The van der Waals surface area contributed by atoms with Gasteiger partial charge in [0.15, 0.2) is 6.61 Å². The number of benzene rings is 1. The minimum Gasteiger partial charge on any atom is -0.457 e. The van der Waals surface area contributed by atoms with Gasteiger partial charge in [-0.3, -0.25) is 4.79 Å². The minimum atomic E-state index is -0.810. The van der Waals surface area contributed by atoms with Crippen molar-refractivity contribution in [2.75, 3.05) is 6.61 Å². The summed E-state index contributed by atoms with van der Waals surface area (Å²) >= 11 is 0. The third kappa shape index (κ3) is 7.80. The molecule has 124 valence electrons. The van der Waals surface area contributed by atoms with Gasteiger partial charge in [0.25, 0.3) is 0 Å². The Morgan fingerprint density at radius 1 is 1.13 bits per heavy atom. The molecule has 1 N–H and O–H groups in total. The van der Waals surface area contributed by atoms with Gasteiger partial charge in [0.2, 0.25) is 5.91 Å². The third-order valence-corrected chi connectivity index (χ3v) is 2.38. The van der Waals surface area contributed by atoms with Crippen LogP contribution in [-0.4, -0.2) is 30.1 Å². The third-order valence-electron chi connectivity index (χ3n) is 2.38. The van der Waals surface area contributed by atoms with Crippen molar-refractivity contribution in [1.29, 1.82) is 0 Å². The molecule has 0 saturated heterocycles. The van der Waals surface area contributed by atoms with E-state index in [0.29, 0.717) is 5.56 Å². The highest BCUT2D eigenvalue weighted by atomic mass is 16.6. The summed E-state index contributed by atoms with van der Waals surface area (Å²) in [6.45, 7) is 5.89. The summed E-state index contributed by atoms with van der Waals surface area (Å²) in [7, 11) is 0. The number of amides is 1. The second kappa shape index (κ2) is 8.12. The van der Waals surface area contributed by atoms with Crippen LogP contribution in [-0.2, 0) is 23.9 Å². The van der Waals surface area contributed by atoms with Gasteiger partial charge in [-0.1, -0.05) is 30.3 Å². The van der Waals surface area contributed by atoms with E-state index in [1.165, 1.54) is 13.0 Å². The van der Waals surface area contributed by atoms with E-state index in [1.807, 2.05) is 6.07 Å². The highest BCUT2D eigenvalue weighted by Crippen LogP contribution is 2.09. The molecule has 0 aromatic heterocycles. The molecule has 1 rings (SSSR count). The zero-order chi connectivity index (χ0) is 17.5. The lowest BCUT2D eigenvalue weighted by Gasteiger charge is -2.19. The van der Waals surface area contributed by atoms with Crippen molar-refractivity contribution in [1.82, 2.24) is 5.32 Å². The Bertz CT molecular complexity index is 599. The maximum atomic E-state index is 12.0. The van der Waals surface area contributed by atoms with Crippen LogP contribution >= 0.6 is 0 Å². The molecular weight excluding hydrogens is 298 g/mol. The quantitative estimate of drug-likeness (QED) is 0.663. The van der Waals surface area contributed by atoms with Crippen LogP contribution in [0.15, 0.2) is 36.0 Å². The molecule has 23 heavy (non-hydrogen) atoms. The van der Waals surface area contributed by atoms with Crippen LogP contribution in [0.3, 0.4) is 0 Å². The Morgan fingerprint density at radius 3 is 2.26 bits per heavy atom. The first-order valence-corrected chi connectivity index (χ1v) is 7.11. The van der Waals surface area contributed by atoms with Gasteiger partial charge >= 0.3 is 11.9 Å².